The maximum absolute atomic E-state index is 13.3. The number of carbonyl (C=O) groups is 3. The molecule has 2 aromatic rings. The standard InChI is InChI=1S/C33H48ClN3O5/c1-7-11-27(32(40)35-17-10-13-25-12-8-9-14-29(25)42-20-21(2)3)36-33(41)30(22(4)5)37-31(39)23(6)18-24-15-16-28(38)26(34)19-24/h8-9,12,14-16,19,21-23,27,30,38H,7,10-11,13,17-18,20H2,1-6H3,(H,35,40)(H,36,41)(H,37,39)/t23-,27+,30-/m1/s1. The predicted octanol–water partition coefficient (Wildman–Crippen LogP) is 5.43. The fourth-order valence-electron chi connectivity index (χ4n) is 4.49. The minimum absolute atomic E-state index is 0.0169. The molecule has 0 saturated carbocycles. The van der Waals surface area contributed by atoms with Crippen molar-refractivity contribution in [1.82, 2.24) is 16.0 Å². The van der Waals surface area contributed by atoms with Gasteiger partial charge in [0.1, 0.15) is 23.6 Å². The normalized spacial score (nSPS) is 13.4. The molecule has 0 aromatic heterocycles. The molecule has 232 valence electrons. The zero-order valence-corrected chi connectivity index (χ0v) is 26.6. The van der Waals surface area contributed by atoms with Crippen LogP contribution in [0.3, 0.4) is 0 Å². The van der Waals surface area contributed by atoms with Gasteiger partial charge in [-0.15, -0.1) is 0 Å². The summed E-state index contributed by atoms with van der Waals surface area (Å²) < 4.78 is 5.93. The quantitative estimate of drug-likeness (QED) is 0.180. The lowest BCUT2D eigenvalue weighted by Crippen LogP contribution is -2.56. The number of rotatable bonds is 17. The van der Waals surface area contributed by atoms with E-state index in [9.17, 15) is 19.5 Å². The highest BCUT2D eigenvalue weighted by molar-refractivity contribution is 6.32. The number of nitrogens with one attached hydrogen (secondary N) is 3. The second-order valence-electron chi connectivity index (χ2n) is 11.7. The Labute approximate surface area is 255 Å². The summed E-state index contributed by atoms with van der Waals surface area (Å²) in [6, 6.07) is 11.3. The molecule has 0 bridgehead atoms. The van der Waals surface area contributed by atoms with E-state index in [4.69, 9.17) is 16.3 Å². The number of ether oxygens (including phenoxy) is 1. The van der Waals surface area contributed by atoms with E-state index in [1.807, 2.05) is 45.0 Å². The van der Waals surface area contributed by atoms with E-state index in [1.165, 1.54) is 6.07 Å². The van der Waals surface area contributed by atoms with Crippen molar-refractivity contribution in [3.8, 4) is 11.5 Å². The highest BCUT2D eigenvalue weighted by atomic mass is 35.5. The highest BCUT2D eigenvalue weighted by Gasteiger charge is 2.29. The van der Waals surface area contributed by atoms with Gasteiger partial charge in [-0.05, 0) is 66.8 Å². The van der Waals surface area contributed by atoms with Gasteiger partial charge in [0.2, 0.25) is 17.7 Å². The molecule has 0 radical (unpaired) electrons. The fourth-order valence-corrected chi connectivity index (χ4v) is 4.70. The van der Waals surface area contributed by atoms with Gasteiger partial charge in [0.05, 0.1) is 11.6 Å². The van der Waals surface area contributed by atoms with Gasteiger partial charge in [0.25, 0.3) is 0 Å². The Hall–Kier alpha value is -3.26. The van der Waals surface area contributed by atoms with E-state index in [0.717, 1.165) is 29.7 Å². The SMILES string of the molecule is CCC[C@H](NC(=O)[C@H](NC(=O)[C@H](C)Cc1ccc(O)c(Cl)c1)C(C)C)C(=O)NCCCc1ccccc1OCC(C)C. The molecule has 0 spiro atoms. The lowest BCUT2D eigenvalue weighted by molar-refractivity contribution is -0.134. The minimum atomic E-state index is -0.794. The van der Waals surface area contributed by atoms with Crippen LogP contribution in [0.25, 0.3) is 0 Å². The second-order valence-corrected chi connectivity index (χ2v) is 12.1. The maximum atomic E-state index is 13.3. The van der Waals surface area contributed by atoms with Gasteiger partial charge >= 0.3 is 0 Å². The Morgan fingerprint density at radius 3 is 2.31 bits per heavy atom. The molecular formula is C33H48ClN3O5. The third kappa shape index (κ3) is 11.6. The predicted molar refractivity (Wildman–Crippen MR) is 168 cm³/mol. The van der Waals surface area contributed by atoms with E-state index >= 15 is 0 Å². The highest BCUT2D eigenvalue weighted by Crippen LogP contribution is 2.25. The molecular weight excluding hydrogens is 554 g/mol. The zero-order chi connectivity index (χ0) is 31.2. The lowest BCUT2D eigenvalue weighted by atomic mass is 9.97. The number of amides is 3. The van der Waals surface area contributed by atoms with Crippen LogP contribution < -0.4 is 20.7 Å². The van der Waals surface area contributed by atoms with Crippen molar-refractivity contribution in [2.75, 3.05) is 13.2 Å². The van der Waals surface area contributed by atoms with Crippen LogP contribution in [0, 0.1) is 17.8 Å². The third-order valence-corrected chi connectivity index (χ3v) is 7.23. The van der Waals surface area contributed by atoms with Crippen molar-refractivity contribution in [1.29, 1.82) is 0 Å². The van der Waals surface area contributed by atoms with Crippen LogP contribution in [0.1, 0.15) is 71.9 Å². The zero-order valence-electron chi connectivity index (χ0n) is 25.8. The van der Waals surface area contributed by atoms with Gasteiger partial charge in [-0.1, -0.05) is 83.8 Å². The van der Waals surface area contributed by atoms with Crippen molar-refractivity contribution in [2.24, 2.45) is 17.8 Å². The number of aromatic hydroxyl groups is 1. The maximum Gasteiger partial charge on any atom is 0.243 e. The Balaban J connectivity index is 1.92. The van der Waals surface area contributed by atoms with Crippen molar-refractivity contribution < 1.29 is 24.2 Å². The molecule has 0 aliphatic carbocycles. The molecule has 2 aromatic carbocycles. The van der Waals surface area contributed by atoms with E-state index < -0.39 is 18.0 Å². The van der Waals surface area contributed by atoms with E-state index in [2.05, 4.69) is 29.8 Å². The largest absolute Gasteiger partial charge is 0.506 e. The molecule has 0 aliphatic rings. The molecule has 0 aliphatic heterocycles. The Morgan fingerprint density at radius 1 is 0.952 bits per heavy atom. The van der Waals surface area contributed by atoms with Crippen LogP contribution in [0.4, 0.5) is 0 Å². The number of hydrogen-bond acceptors (Lipinski definition) is 5. The summed E-state index contributed by atoms with van der Waals surface area (Å²) in [5.74, 6) is -0.234. The molecule has 2 rings (SSSR count). The summed E-state index contributed by atoms with van der Waals surface area (Å²) in [5.41, 5.74) is 1.90. The van der Waals surface area contributed by atoms with Gasteiger partial charge in [0.15, 0.2) is 0 Å². The van der Waals surface area contributed by atoms with Crippen LogP contribution in [0.5, 0.6) is 11.5 Å². The molecule has 3 atom stereocenters. The van der Waals surface area contributed by atoms with E-state index in [-0.39, 0.29) is 34.4 Å². The van der Waals surface area contributed by atoms with Crippen molar-refractivity contribution in [3.05, 3.63) is 58.6 Å². The fraction of sp³-hybridized carbons (Fsp3) is 0.545. The molecule has 9 heteroatoms. The Morgan fingerprint density at radius 2 is 1.67 bits per heavy atom. The summed E-state index contributed by atoms with van der Waals surface area (Å²) >= 11 is 6.00. The molecule has 42 heavy (non-hydrogen) atoms. The summed E-state index contributed by atoms with van der Waals surface area (Å²) in [6.07, 6.45) is 3.09. The molecule has 0 heterocycles. The van der Waals surface area contributed by atoms with Crippen molar-refractivity contribution >= 4 is 29.3 Å². The first-order chi connectivity index (χ1) is 19.9. The second kappa shape index (κ2) is 17.6. The molecule has 8 nitrogen and oxygen atoms in total. The molecule has 0 fully saturated rings. The first kappa shape index (κ1) is 34.9. The van der Waals surface area contributed by atoms with Crippen LogP contribution in [0.2, 0.25) is 5.02 Å². The average molecular weight is 602 g/mol. The summed E-state index contributed by atoms with van der Waals surface area (Å²) in [6.45, 7) is 12.8. The van der Waals surface area contributed by atoms with Gasteiger partial charge in [0, 0.05) is 12.5 Å². The van der Waals surface area contributed by atoms with Gasteiger partial charge in [-0.3, -0.25) is 14.4 Å². The number of phenols is 1. The molecule has 4 N–H and O–H groups in total. The number of halogens is 1. The molecule has 0 saturated heterocycles. The minimum Gasteiger partial charge on any atom is -0.506 e. The van der Waals surface area contributed by atoms with Gasteiger partial charge in [-0.25, -0.2) is 0 Å². The summed E-state index contributed by atoms with van der Waals surface area (Å²) in [4.78, 5) is 39.3. The number of para-hydroxylation sites is 1. The monoisotopic (exact) mass is 601 g/mol. The van der Waals surface area contributed by atoms with E-state index in [1.54, 1.807) is 19.1 Å². The summed E-state index contributed by atoms with van der Waals surface area (Å²) in [7, 11) is 0. The van der Waals surface area contributed by atoms with Gasteiger partial charge < -0.3 is 25.8 Å². The number of hydrogen-bond donors (Lipinski definition) is 4. The number of benzene rings is 2. The first-order valence-electron chi connectivity index (χ1n) is 15.0. The topological polar surface area (TPSA) is 117 Å². The Bertz CT molecular complexity index is 1170. The first-order valence-corrected chi connectivity index (χ1v) is 15.4. The number of phenolic OH excluding ortho intramolecular Hbond substituents is 1. The van der Waals surface area contributed by atoms with Crippen LogP contribution >= 0.6 is 11.6 Å². The van der Waals surface area contributed by atoms with Crippen LogP contribution in [-0.4, -0.2) is 48.1 Å². The smallest absolute Gasteiger partial charge is 0.243 e. The van der Waals surface area contributed by atoms with Crippen LogP contribution in [-0.2, 0) is 27.2 Å². The van der Waals surface area contributed by atoms with Crippen molar-refractivity contribution in [2.45, 2.75) is 85.7 Å². The van der Waals surface area contributed by atoms with Crippen molar-refractivity contribution in [3.63, 3.8) is 0 Å². The third-order valence-electron chi connectivity index (χ3n) is 6.93. The lowest BCUT2D eigenvalue weighted by Gasteiger charge is -2.26. The van der Waals surface area contributed by atoms with Crippen LogP contribution in [0.15, 0.2) is 42.5 Å². The average Bonchev–Trinajstić information content (AvgIpc) is 2.94. The van der Waals surface area contributed by atoms with E-state index in [0.29, 0.717) is 38.3 Å². The molecule has 3 amide bonds. The number of carbonyl (C=O) groups excluding carboxylic acids is 3. The molecule has 0 unspecified atom stereocenters. The Kier molecular flexibility index (Phi) is 14.7. The number of aryl methyl sites for hydroxylation is 1. The summed E-state index contributed by atoms with van der Waals surface area (Å²) in [5, 5.41) is 18.6. The van der Waals surface area contributed by atoms with Gasteiger partial charge in [-0.2, -0.15) is 0 Å².